The minimum absolute atomic E-state index is 0.0907. The molecule has 1 saturated carbocycles. The largest absolute Gasteiger partial charge is 0.368 e. The van der Waals surface area contributed by atoms with E-state index in [1.165, 1.54) is 25.7 Å². The van der Waals surface area contributed by atoms with Crippen molar-refractivity contribution in [1.82, 2.24) is 9.80 Å². The lowest BCUT2D eigenvalue weighted by atomic mass is 10.2. The van der Waals surface area contributed by atoms with Crippen molar-refractivity contribution in [3.05, 3.63) is 0 Å². The smallest absolute Gasteiger partial charge is 0.248 e. The van der Waals surface area contributed by atoms with Gasteiger partial charge in [0, 0.05) is 26.2 Å². The summed E-state index contributed by atoms with van der Waals surface area (Å²) in [5, 5.41) is 0. The summed E-state index contributed by atoms with van der Waals surface area (Å²) in [7, 11) is 3.86. The number of likely N-dealkylation sites (N-methyl/N-ethyl adjacent to an activating group) is 2. The van der Waals surface area contributed by atoms with Crippen molar-refractivity contribution >= 4 is 11.8 Å². The summed E-state index contributed by atoms with van der Waals surface area (Å²) in [5.41, 5.74) is 4.93. The predicted molar refractivity (Wildman–Crippen MR) is 72.5 cm³/mol. The predicted octanol–water partition coefficient (Wildman–Crippen LogP) is -0.179. The number of rotatable bonds is 8. The van der Waals surface area contributed by atoms with Crippen LogP contribution in [0.4, 0.5) is 0 Å². The van der Waals surface area contributed by atoms with Gasteiger partial charge in [0.05, 0.1) is 0 Å². The number of hydrogen-bond donors (Lipinski definition) is 1. The molecule has 1 rings (SSSR count). The van der Waals surface area contributed by atoms with Gasteiger partial charge in [0.2, 0.25) is 11.8 Å². The highest BCUT2D eigenvalue weighted by Gasteiger charge is 2.20. The Morgan fingerprint density at radius 3 is 2.37 bits per heavy atom. The molecule has 1 aliphatic carbocycles. The second-order valence-corrected chi connectivity index (χ2v) is 5.19. The third-order valence-electron chi connectivity index (χ3n) is 3.63. The lowest BCUT2D eigenvalue weighted by molar-refractivity contribution is -0.136. The molecule has 0 aromatic rings. The Labute approximate surface area is 114 Å². The van der Waals surface area contributed by atoms with E-state index in [-0.39, 0.29) is 19.1 Å². The molecule has 2 amide bonds. The summed E-state index contributed by atoms with van der Waals surface area (Å²) >= 11 is 0. The van der Waals surface area contributed by atoms with Gasteiger partial charge in [-0.1, -0.05) is 12.8 Å². The van der Waals surface area contributed by atoms with Crippen molar-refractivity contribution in [1.29, 1.82) is 0 Å². The number of carbonyl (C=O) groups is 2. The van der Waals surface area contributed by atoms with Gasteiger partial charge in [-0.05, 0) is 19.9 Å². The van der Waals surface area contributed by atoms with Crippen LogP contribution in [0.15, 0.2) is 0 Å². The van der Waals surface area contributed by atoms with Crippen molar-refractivity contribution in [2.45, 2.75) is 31.7 Å². The maximum absolute atomic E-state index is 11.7. The summed E-state index contributed by atoms with van der Waals surface area (Å²) in [6.45, 7) is 1.24. The minimum atomic E-state index is -0.559. The van der Waals surface area contributed by atoms with Crippen LogP contribution in [-0.2, 0) is 14.3 Å². The van der Waals surface area contributed by atoms with Crippen molar-refractivity contribution < 1.29 is 14.3 Å². The fourth-order valence-electron chi connectivity index (χ4n) is 2.31. The fraction of sp³-hybridized carbons (Fsp3) is 0.846. The molecule has 1 aliphatic rings. The molecular formula is C13H25N3O3. The van der Waals surface area contributed by atoms with E-state index >= 15 is 0 Å². The van der Waals surface area contributed by atoms with Crippen LogP contribution in [0.1, 0.15) is 25.7 Å². The Kier molecular flexibility index (Phi) is 6.80. The molecule has 6 nitrogen and oxygen atoms in total. The van der Waals surface area contributed by atoms with Gasteiger partial charge in [0.25, 0.3) is 0 Å². The zero-order chi connectivity index (χ0) is 14.3. The molecule has 0 bridgehead atoms. The molecule has 0 spiro atoms. The number of carbonyl (C=O) groups excluding carboxylic acids is 2. The van der Waals surface area contributed by atoms with Gasteiger partial charge < -0.3 is 20.3 Å². The van der Waals surface area contributed by atoms with Crippen molar-refractivity contribution in [2.24, 2.45) is 5.73 Å². The molecule has 0 aromatic heterocycles. The van der Waals surface area contributed by atoms with E-state index in [1.807, 2.05) is 0 Å². The number of nitrogens with two attached hydrogens (primary N) is 1. The third kappa shape index (κ3) is 6.02. The Bertz CT molecular complexity index is 304. The maximum atomic E-state index is 11.7. The van der Waals surface area contributed by atoms with Gasteiger partial charge >= 0.3 is 0 Å². The van der Waals surface area contributed by atoms with Crippen LogP contribution in [0.25, 0.3) is 0 Å². The van der Waals surface area contributed by atoms with E-state index in [0.29, 0.717) is 12.6 Å². The van der Waals surface area contributed by atoms with E-state index in [1.54, 1.807) is 11.9 Å². The minimum Gasteiger partial charge on any atom is -0.368 e. The van der Waals surface area contributed by atoms with Crippen LogP contribution in [0.5, 0.6) is 0 Å². The topological polar surface area (TPSA) is 75.9 Å². The molecular weight excluding hydrogens is 246 g/mol. The Morgan fingerprint density at radius 1 is 1.16 bits per heavy atom. The maximum Gasteiger partial charge on any atom is 0.248 e. The van der Waals surface area contributed by atoms with Crippen LogP contribution >= 0.6 is 0 Å². The van der Waals surface area contributed by atoms with E-state index < -0.39 is 5.91 Å². The van der Waals surface area contributed by atoms with Gasteiger partial charge in [0.1, 0.15) is 13.2 Å². The average Bonchev–Trinajstić information content (AvgIpc) is 2.88. The van der Waals surface area contributed by atoms with Gasteiger partial charge in [-0.3, -0.25) is 9.59 Å². The molecule has 0 radical (unpaired) electrons. The van der Waals surface area contributed by atoms with Crippen LogP contribution in [0.3, 0.4) is 0 Å². The molecule has 0 atom stereocenters. The Hall–Kier alpha value is -1.14. The molecule has 0 heterocycles. The average molecular weight is 271 g/mol. The van der Waals surface area contributed by atoms with Crippen molar-refractivity contribution in [2.75, 3.05) is 40.4 Å². The quantitative estimate of drug-likeness (QED) is 0.664. The number of nitrogens with zero attached hydrogens (tertiary/aromatic N) is 2. The number of hydrogen-bond acceptors (Lipinski definition) is 4. The van der Waals surface area contributed by atoms with E-state index in [4.69, 9.17) is 10.5 Å². The fourth-order valence-corrected chi connectivity index (χ4v) is 2.31. The molecule has 0 unspecified atom stereocenters. The monoisotopic (exact) mass is 271 g/mol. The highest BCUT2D eigenvalue weighted by atomic mass is 16.5. The second kappa shape index (κ2) is 8.12. The van der Waals surface area contributed by atoms with E-state index in [9.17, 15) is 9.59 Å². The van der Waals surface area contributed by atoms with Crippen LogP contribution < -0.4 is 5.73 Å². The summed E-state index contributed by atoms with van der Waals surface area (Å²) in [6.07, 6.45) is 5.14. The molecule has 1 fully saturated rings. The van der Waals surface area contributed by atoms with Crippen molar-refractivity contribution in [3.8, 4) is 0 Å². The lowest BCUT2D eigenvalue weighted by Crippen LogP contribution is -2.39. The molecule has 0 aliphatic heterocycles. The second-order valence-electron chi connectivity index (χ2n) is 5.19. The first kappa shape index (κ1) is 15.9. The zero-order valence-corrected chi connectivity index (χ0v) is 11.9. The number of primary amides is 1. The normalized spacial score (nSPS) is 15.9. The Morgan fingerprint density at radius 2 is 1.79 bits per heavy atom. The highest BCUT2D eigenvalue weighted by molar-refractivity contribution is 5.78. The molecule has 110 valence electrons. The van der Waals surface area contributed by atoms with Gasteiger partial charge in [0.15, 0.2) is 0 Å². The molecule has 0 saturated heterocycles. The molecule has 0 aromatic carbocycles. The summed E-state index contributed by atoms with van der Waals surface area (Å²) in [6, 6.07) is 0.662. The molecule has 6 heteroatoms. The molecule has 2 N–H and O–H groups in total. The standard InChI is InChI=1S/C13H25N3O3/c1-15(11-5-3-4-6-11)7-8-16(2)13(18)10-19-9-12(14)17/h11H,3-10H2,1-2H3,(H2,14,17). The Balaban J connectivity index is 2.16. The number of amides is 2. The third-order valence-corrected chi connectivity index (χ3v) is 3.63. The molecule has 19 heavy (non-hydrogen) atoms. The van der Waals surface area contributed by atoms with E-state index in [0.717, 1.165) is 6.54 Å². The van der Waals surface area contributed by atoms with Gasteiger partial charge in [-0.2, -0.15) is 0 Å². The van der Waals surface area contributed by atoms with Crippen LogP contribution in [-0.4, -0.2) is 68.1 Å². The first-order valence-electron chi connectivity index (χ1n) is 6.81. The van der Waals surface area contributed by atoms with Crippen LogP contribution in [0, 0.1) is 0 Å². The number of ether oxygens (including phenoxy) is 1. The highest BCUT2D eigenvalue weighted by Crippen LogP contribution is 2.21. The lowest BCUT2D eigenvalue weighted by Gasteiger charge is -2.26. The SMILES string of the molecule is CN(CCN(C)C1CCCC1)C(=O)COCC(N)=O. The van der Waals surface area contributed by atoms with E-state index in [2.05, 4.69) is 11.9 Å². The first-order valence-corrected chi connectivity index (χ1v) is 6.81. The van der Waals surface area contributed by atoms with Gasteiger partial charge in [-0.15, -0.1) is 0 Å². The summed E-state index contributed by atoms with van der Waals surface area (Å²) < 4.78 is 4.91. The summed E-state index contributed by atoms with van der Waals surface area (Å²) in [4.78, 5) is 26.1. The summed E-state index contributed by atoms with van der Waals surface area (Å²) in [5.74, 6) is -0.683. The van der Waals surface area contributed by atoms with Crippen molar-refractivity contribution in [3.63, 3.8) is 0 Å². The zero-order valence-electron chi connectivity index (χ0n) is 11.9. The van der Waals surface area contributed by atoms with Gasteiger partial charge in [-0.25, -0.2) is 0 Å². The first-order chi connectivity index (χ1) is 9.00. The van der Waals surface area contributed by atoms with Crippen LogP contribution in [0.2, 0.25) is 0 Å².